The van der Waals surface area contributed by atoms with Crippen LogP contribution in [0.3, 0.4) is 0 Å². The van der Waals surface area contributed by atoms with E-state index < -0.39 is 0 Å². The second-order valence-corrected chi connectivity index (χ2v) is 18.6. The summed E-state index contributed by atoms with van der Waals surface area (Å²) in [7, 11) is -0.736. The molecule has 0 unspecified atom stereocenters. The molecule has 1 heterocycles. The van der Waals surface area contributed by atoms with Crippen LogP contribution in [0.5, 0.6) is 0 Å². The van der Waals surface area contributed by atoms with E-state index in [9.17, 15) is 4.79 Å². The summed E-state index contributed by atoms with van der Waals surface area (Å²) in [5.41, 5.74) is 3.24. The lowest BCUT2D eigenvalue weighted by atomic mass is 10.2. The molecular formula is C33H59NO2P2. The molecule has 1 amide bonds. The maximum atomic E-state index is 13.7. The van der Waals surface area contributed by atoms with Crippen molar-refractivity contribution in [2.24, 2.45) is 0 Å². The zero-order valence-corrected chi connectivity index (χ0v) is 26.4. The van der Waals surface area contributed by atoms with Crippen LogP contribution >= 0.6 is 16.2 Å². The quantitative estimate of drug-likeness (QED) is 0.217. The second kappa shape index (κ2) is 16.1. The summed E-state index contributed by atoms with van der Waals surface area (Å²) in [6.07, 6.45) is 35.7. The Morgan fingerprint density at radius 1 is 0.526 bits per heavy atom. The summed E-state index contributed by atoms with van der Waals surface area (Å²) in [5, 5.41) is 0. The number of hydrogen-bond acceptors (Lipinski definition) is 2. The first kappa shape index (κ1) is 29.8. The first-order chi connectivity index (χ1) is 18.8. The third-order valence-corrected chi connectivity index (χ3v) is 17.2. The minimum Gasteiger partial charge on any atom is -0.357 e. The highest BCUT2D eigenvalue weighted by molar-refractivity contribution is 7.57. The molecule has 0 aromatic carbocycles. The van der Waals surface area contributed by atoms with E-state index in [-0.39, 0.29) is 16.2 Å². The van der Waals surface area contributed by atoms with E-state index in [1.54, 1.807) is 0 Å². The Morgan fingerprint density at radius 3 is 1.29 bits per heavy atom. The molecule has 0 bridgehead atoms. The topological polar surface area (TPSA) is 29.5 Å². The minimum absolute atomic E-state index is 0.368. The van der Waals surface area contributed by atoms with Crippen molar-refractivity contribution in [2.75, 3.05) is 6.61 Å². The van der Waals surface area contributed by atoms with Gasteiger partial charge in [0.25, 0.3) is 0 Å². The molecule has 5 fully saturated rings. The Kier molecular flexibility index (Phi) is 12.6. The van der Waals surface area contributed by atoms with Crippen LogP contribution in [-0.2, 0) is 9.32 Å². The Morgan fingerprint density at radius 2 is 0.895 bits per heavy atom. The molecule has 0 radical (unpaired) electrons. The van der Waals surface area contributed by atoms with E-state index in [0.29, 0.717) is 11.9 Å². The summed E-state index contributed by atoms with van der Waals surface area (Å²) >= 11 is 0. The Balaban J connectivity index is 1.33. The van der Waals surface area contributed by atoms with Crippen molar-refractivity contribution in [1.82, 2.24) is 4.67 Å². The Hall–Kier alpha value is 0.290. The number of nitrogens with zero attached hydrogens (tertiary/aromatic N) is 1. The monoisotopic (exact) mass is 563 g/mol. The van der Waals surface area contributed by atoms with E-state index in [2.05, 4.69) is 4.67 Å². The third kappa shape index (κ3) is 8.19. The van der Waals surface area contributed by atoms with Gasteiger partial charge in [-0.2, -0.15) is 0 Å². The highest BCUT2D eigenvalue weighted by atomic mass is 31.1. The molecule has 1 aliphatic heterocycles. The molecule has 3 nitrogen and oxygen atoms in total. The van der Waals surface area contributed by atoms with E-state index in [0.717, 1.165) is 42.1 Å². The second-order valence-electron chi connectivity index (χ2n) is 13.5. The molecule has 218 valence electrons. The maximum absolute atomic E-state index is 13.7. The molecule has 4 saturated carbocycles. The van der Waals surface area contributed by atoms with Crippen molar-refractivity contribution in [3.8, 4) is 0 Å². The van der Waals surface area contributed by atoms with Crippen LogP contribution < -0.4 is 0 Å². The van der Waals surface area contributed by atoms with Gasteiger partial charge in [-0.15, -0.1) is 0 Å². The first-order valence-corrected chi connectivity index (χ1v) is 20.2. The van der Waals surface area contributed by atoms with Gasteiger partial charge in [0.05, 0.1) is 12.6 Å². The molecular weight excluding hydrogens is 504 g/mol. The van der Waals surface area contributed by atoms with Crippen LogP contribution in [0.25, 0.3) is 0 Å². The van der Waals surface area contributed by atoms with Crippen molar-refractivity contribution in [3.63, 3.8) is 0 Å². The SMILES string of the molecule is O=C1CC[C@H](COP(C2CCCCCC2)C2CCCCCC2)N1P(C1CCCCCC1)C1CCCCCC1. The van der Waals surface area contributed by atoms with Gasteiger partial charge in [0.1, 0.15) is 0 Å². The third-order valence-electron chi connectivity index (χ3n) is 10.7. The lowest BCUT2D eigenvalue weighted by molar-refractivity contribution is -0.124. The molecule has 0 spiro atoms. The molecule has 38 heavy (non-hydrogen) atoms. The van der Waals surface area contributed by atoms with E-state index in [4.69, 9.17) is 4.52 Å². The van der Waals surface area contributed by atoms with Crippen LogP contribution in [0.2, 0.25) is 0 Å². The standard InChI is InChI=1S/C33H59NO2P2/c35-33-26-25-28(27-36-38(31-21-13-5-6-14-22-31)32-23-15-7-8-16-24-32)34(33)37(29-17-9-1-2-10-18-29)30-19-11-3-4-12-20-30/h28-32H,1-27H2/t28-/m1/s1. The molecule has 1 atom stereocenters. The minimum atomic E-state index is -0.368. The molecule has 5 aliphatic rings. The Bertz CT molecular complexity index is 632. The van der Waals surface area contributed by atoms with Gasteiger partial charge in [-0.25, -0.2) is 0 Å². The highest BCUT2D eigenvalue weighted by Crippen LogP contribution is 2.61. The normalized spacial score (nSPS) is 28.9. The summed E-state index contributed by atoms with van der Waals surface area (Å²) < 4.78 is 9.83. The fraction of sp³-hybridized carbons (Fsp3) is 0.970. The lowest BCUT2D eigenvalue weighted by Crippen LogP contribution is -2.38. The fourth-order valence-electron chi connectivity index (χ4n) is 8.60. The van der Waals surface area contributed by atoms with Gasteiger partial charge >= 0.3 is 0 Å². The van der Waals surface area contributed by atoms with Crippen LogP contribution in [0.1, 0.15) is 167 Å². The summed E-state index contributed by atoms with van der Waals surface area (Å²) in [4.78, 5) is 13.7. The average molecular weight is 564 g/mol. The molecule has 5 heteroatoms. The van der Waals surface area contributed by atoms with Gasteiger partial charge < -0.3 is 9.19 Å². The summed E-state index contributed by atoms with van der Waals surface area (Å²) in [6.45, 7) is 0.864. The molecule has 0 N–H and O–H groups in total. The fourth-order valence-corrected chi connectivity index (χ4v) is 15.7. The van der Waals surface area contributed by atoms with Gasteiger partial charge in [-0.1, -0.05) is 103 Å². The molecule has 5 rings (SSSR count). The Labute approximate surface area is 238 Å². The van der Waals surface area contributed by atoms with Gasteiger partial charge in [-0.05, 0) is 69.1 Å². The van der Waals surface area contributed by atoms with Gasteiger partial charge in [0, 0.05) is 34.0 Å². The predicted molar refractivity (Wildman–Crippen MR) is 166 cm³/mol. The number of amides is 1. The average Bonchev–Trinajstić information content (AvgIpc) is 3.41. The first-order valence-electron chi connectivity index (χ1n) is 17.3. The largest absolute Gasteiger partial charge is 0.357 e. The lowest BCUT2D eigenvalue weighted by Gasteiger charge is -2.43. The van der Waals surface area contributed by atoms with Crippen molar-refractivity contribution < 1.29 is 9.32 Å². The smallest absolute Gasteiger partial charge is 0.226 e. The molecule has 4 aliphatic carbocycles. The van der Waals surface area contributed by atoms with Crippen LogP contribution in [0, 0.1) is 0 Å². The van der Waals surface area contributed by atoms with Crippen LogP contribution in [0.15, 0.2) is 0 Å². The number of hydrogen-bond donors (Lipinski definition) is 0. The van der Waals surface area contributed by atoms with Gasteiger partial charge in [-0.3, -0.25) is 4.79 Å². The van der Waals surface area contributed by atoms with E-state index >= 15 is 0 Å². The van der Waals surface area contributed by atoms with Gasteiger partial charge in [0.15, 0.2) is 0 Å². The van der Waals surface area contributed by atoms with Crippen molar-refractivity contribution in [2.45, 2.75) is 196 Å². The van der Waals surface area contributed by atoms with Crippen molar-refractivity contribution in [1.29, 1.82) is 0 Å². The van der Waals surface area contributed by atoms with Crippen LogP contribution in [0.4, 0.5) is 0 Å². The van der Waals surface area contributed by atoms with E-state index in [1.807, 2.05) is 0 Å². The highest BCUT2D eigenvalue weighted by Gasteiger charge is 2.44. The van der Waals surface area contributed by atoms with Gasteiger partial charge in [0.2, 0.25) is 5.91 Å². The zero-order valence-electron chi connectivity index (χ0n) is 24.6. The molecule has 1 saturated heterocycles. The summed E-state index contributed by atoms with van der Waals surface area (Å²) in [5.74, 6) is 0.506. The predicted octanol–water partition coefficient (Wildman–Crippen LogP) is 10.7. The van der Waals surface area contributed by atoms with Crippen molar-refractivity contribution >= 4 is 22.1 Å². The number of carbonyl (C=O) groups is 1. The summed E-state index contributed by atoms with van der Waals surface area (Å²) in [6, 6.07) is 0.377. The van der Waals surface area contributed by atoms with E-state index in [1.165, 1.54) is 154 Å². The zero-order chi connectivity index (χ0) is 26.0. The molecule has 0 aromatic heterocycles. The van der Waals surface area contributed by atoms with Crippen LogP contribution in [-0.4, -0.2) is 45.9 Å². The maximum Gasteiger partial charge on any atom is 0.226 e. The molecule has 0 aromatic rings. The number of carbonyl (C=O) groups excluding carboxylic acids is 1. The van der Waals surface area contributed by atoms with Crippen molar-refractivity contribution in [3.05, 3.63) is 0 Å². The number of rotatable bonds is 8.